The van der Waals surface area contributed by atoms with Crippen LogP contribution in [-0.4, -0.2) is 67.0 Å². The third-order valence-electron chi connectivity index (χ3n) is 6.44. The highest BCUT2D eigenvalue weighted by Crippen LogP contribution is 2.40. The third kappa shape index (κ3) is 6.76. The molecule has 16 heteroatoms. The summed E-state index contributed by atoms with van der Waals surface area (Å²) in [5.41, 5.74) is -1.69. The molecule has 0 fully saturated rings. The van der Waals surface area contributed by atoms with Gasteiger partial charge in [-0.15, -0.1) is 0 Å². The first-order valence-electron chi connectivity index (χ1n) is 13.4. The molecular formula is C29H24F5N5O6. The molecule has 11 nitrogen and oxygen atoms in total. The van der Waals surface area contributed by atoms with E-state index in [0.29, 0.717) is 6.42 Å². The minimum atomic E-state index is -4.80. The second kappa shape index (κ2) is 13.0. The number of halogens is 5. The summed E-state index contributed by atoms with van der Waals surface area (Å²) in [6.45, 7) is 0.662. The number of fused-ring (bicyclic) bond motifs is 1. The monoisotopic (exact) mass is 633 g/mol. The quantitative estimate of drug-likeness (QED) is 0.155. The van der Waals surface area contributed by atoms with E-state index in [-0.39, 0.29) is 52.1 Å². The van der Waals surface area contributed by atoms with Crippen LogP contribution in [0.5, 0.6) is 5.75 Å². The lowest BCUT2D eigenvalue weighted by molar-refractivity contribution is -0.150. The average molecular weight is 634 g/mol. The maximum absolute atomic E-state index is 14.4. The average Bonchev–Trinajstić information content (AvgIpc) is 3.67. The van der Waals surface area contributed by atoms with Gasteiger partial charge >= 0.3 is 12.1 Å². The van der Waals surface area contributed by atoms with Gasteiger partial charge < -0.3 is 24.2 Å². The normalized spacial score (nSPS) is 13.2. The molecule has 45 heavy (non-hydrogen) atoms. The maximum atomic E-state index is 14.4. The van der Waals surface area contributed by atoms with E-state index >= 15 is 0 Å². The fraction of sp³-hybridized carbons (Fsp3) is 0.276. The zero-order valence-corrected chi connectivity index (χ0v) is 23.3. The number of imidazole rings is 1. The third-order valence-corrected chi connectivity index (χ3v) is 6.44. The number of aliphatic hydroxyl groups is 2. The Morgan fingerprint density at radius 3 is 2.58 bits per heavy atom. The summed E-state index contributed by atoms with van der Waals surface area (Å²) < 4.78 is 87.0. The number of carbonyl (C=O) groups excluding carboxylic acids is 1. The number of aliphatic hydroxyl groups excluding tert-OH is 2. The number of carbonyl (C=O) groups is 1. The highest BCUT2D eigenvalue weighted by Gasteiger charge is 2.36. The van der Waals surface area contributed by atoms with Crippen molar-refractivity contribution in [1.29, 1.82) is 0 Å². The summed E-state index contributed by atoms with van der Waals surface area (Å²) in [6.07, 6.45) is -3.26. The molecule has 2 atom stereocenters. The van der Waals surface area contributed by atoms with Gasteiger partial charge in [0.05, 0.1) is 36.7 Å². The van der Waals surface area contributed by atoms with E-state index in [1.54, 1.807) is 6.92 Å². The first-order valence-corrected chi connectivity index (χ1v) is 13.4. The summed E-state index contributed by atoms with van der Waals surface area (Å²) in [4.78, 5) is 21.6. The Kier molecular flexibility index (Phi) is 9.06. The molecule has 0 bridgehead atoms. The molecule has 0 amide bonds. The first kappa shape index (κ1) is 31.5. The molecule has 2 N–H and O–H groups in total. The Hall–Kier alpha value is -4.96. The topological polar surface area (TPSA) is 146 Å². The van der Waals surface area contributed by atoms with Gasteiger partial charge in [-0.3, -0.25) is 0 Å². The van der Waals surface area contributed by atoms with Gasteiger partial charge in [-0.1, -0.05) is 18.1 Å². The van der Waals surface area contributed by atoms with E-state index in [1.165, 1.54) is 30.6 Å². The number of alkyl halides is 3. The summed E-state index contributed by atoms with van der Waals surface area (Å²) in [5, 5.41) is 26.7. The van der Waals surface area contributed by atoms with Crippen molar-refractivity contribution in [3.63, 3.8) is 0 Å². The van der Waals surface area contributed by atoms with Crippen LogP contribution in [-0.2, 0) is 15.7 Å². The Balaban J connectivity index is 1.55. The van der Waals surface area contributed by atoms with Gasteiger partial charge in [-0.2, -0.15) is 18.3 Å². The molecule has 2 unspecified atom stereocenters. The fourth-order valence-corrected chi connectivity index (χ4v) is 4.28. The van der Waals surface area contributed by atoms with Crippen molar-refractivity contribution in [3.05, 3.63) is 77.8 Å². The molecule has 1 aromatic heterocycles. The van der Waals surface area contributed by atoms with Crippen LogP contribution in [0, 0.1) is 11.6 Å². The van der Waals surface area contributed by atoms with Crippen molar-refractivity contribution in [2.24, 2.45) is 0 Å². The number of nitrogens with zero attached hydrogens (tertiary/aromatic N) is 5. The van der Waals surface area contributed by atoms with Crippen LogP contribution in [0.15, 0.2) is 59.4 Å². The fourth-order valence-electron chi connectivity index (χ4n) is 4.28. The lowest BCUT2D eigenvalue weighted by Gasteiger charge is -2.17. The van der Waals surface area contributed by atoms with Crippen LogP contribution in [0.4, 0.5) is 22.0 Å². The number of rotatable bonds is 11. The molecule has 3 heterocycles. The number of hydrogen-bond donors (Lipinski definition) is 2. The molecular weight excluding hydrogens is 609 g/mol. The Morgan fingerprint density at radius 1 is 1.07 bits per heavy atom. The molecule has 236 valence electrons. The van der Waals surface area contributed by atoms with Gasteiger partial charge in [0.1, 0.15) is 35.5 Å². The zero-order chi connectivity index (χ0) is 32.3. The van der Waals surface area contributed by atoms with Crippen molar-refractivity contribution in [3.8, 4) is 39.8 Å². The molecule has 0 radical (unpaired) electrons. The predicted octanol–water partition coefficient (Wildman–Crippen LogP) is 4.67. The lowest BCUT2D eigenvalue weighted by atomic mass is 10.0. The highest BCUT2D eigenvalue weighted by atomic mass is 19.4. The van der Waals surface area contributed by atoms with Crippen molar-refractivity contribution in [1.82, 2.24) is 24.9 Å². The van der Waals surface area contributed by atoms with Crippen LogP contribution >= 0.6 is 0 Å². The summed E-state index contributed by atoms with van der Waals surface area (Å²) in [6, 6.07) is 6.28. The molecule has 5 rings (SSSR count). The number of ether oxygens (including phenoxy) is 2. The van der Waals surface area contributed by atoms with Gasteiger partial charge in [0.15, 0.2) is 23.2 Å². The number of esters is 1. The van der Waals surface area contributed by atoms with Gasteiger partial charge in [0.25, 0.3) is 0 Å². The predicted molar refractivity (Wildman–Crippen MR) is 145 cm³/mol. The lowest BCUT2D eigenvalue weighted by Crippen LogP contribution is -2.29. The van der Waals surface area contributed by atoms with Crippen molar-refractivity contribution < 1.29 is 51.0 Å². The number of benzene rings is 2. The molecule has 3 aromatic rings. The number of aromatic nitrogens is 5. The molecule has 0 saturated heterocycles. The van der Waals surface area contributed by atoms with E-state index in [1.807, 2.05) is 0 Å². The van der Waals surface area contributed by atoms with Gasteiger partial charge in [-0.25, -0.2) is 28.2 Å². The highest BCUT2D eigenvalue weighted by molar-refractivity contribution is 5.78. The van der Waals surface area contributed by atoms with E-state index in [4.69, 9.17) is 19.1 Å². The SMILES string of the molecule is CCCOc1ccc(-c2cc(C(C(=O)OCC(O)CO)n3cc4nc(-c5cccc(F)c5F)nc-4cn3)on2)c(C(F)(F)F)c1. The minimum Gasteiger partial charge on any atom is -0.494 e. The number of hydrogen-bond acceptors (Lipinski definition) is 10. The second-order valence-electron chi connectivity index (χ2n) is 9.71. The largest absolute Gasteiger partial charge is 0.494 e. The standard InChI is InChI=1S/C29H24F5N5O6/c1-2-8-43-16-6-7-17(19(9-16)29(32,33)34)21-10-24(45-38-21)26(28(42)44-14-15(41)13-40)39-12-23-22(11-35-39)36-27(37-23)18-4-3-5-20(30)25(18)31/h3-7,9-12,15,26,40-41H,2,8,13-14H2,1H3. The van der Waals surface area contributed by atoms with Crippen molar-refractivity contribution in [2.75, 3.05) is 19.8 Å². The molecule has 2 aromatic carbocycles. The molecule has 2 aliphatic rings. The van der Waals surface area contributed by atoms with Crippen LogP contribution in [0.1, 0.15) is 30.7 Å². The van der Waals surface area contributed by atoms with E-state index in [9.17, 15) is 31.9 Å². The second-order valence-corrected chi connectivity index (χ2v) is 9.71. The van der Waals surface area contributed by atoms with E-state index < -0.39 is 54.7 Å². The summed E-state index contributed by atoms with van der Waals surface area (Å²) >= 11 is 0. The zero-order valence-electron chi connectivity index (χ0n) is 23.3. The smallest absolute Gasteiger partial charge is 0.417 e. The molecule has 0 saturated carbocycles. The first-order chi connectivity index (χ1) is 21.5. The van der Waals surface area contributed by atoms with E-state index in [0.717, 1.165) is 28.9 Å². The van der Waals surface area contributed by atoms with Crippen molar-refractivity contribution >= 4 is 5.97 Å². The molecule has 0 spiro atoms. The molecule has 2 aliphatic heterocycles. The van der Waals surface area contributed by atoms with E-state index in [2.05, 4.69) is 20.2 Å². The summed E-state index contributed by atoms with van der Waals surface area (Å²) in [7, 11) is 0. The van der Waals surface area contributed by atoms with Crippen molar-refractivity contribution in [2.45, 2.75) is 31.7 Å². The van der Waals surface area contributed by atoms with Crippen LogP contribution in [0.2, 0.25) is 0 Å². The van der Waals surface area contributed by atoms with Crippen LogP contribution < -0.4 is 4.74 Å². The Morgan fingerprint density at radius 2 is 1.84 bits per heavy atom. The van der Waals surface area contributed by atoms with Gasteiger partial charge in [-0.05, 0) is 36.8 Å². The maximum Gasteiger partial charge on any atom is 0.417 e. The minimum absolute atomic E-state index is 0.00176. The van der Waals surface area contributed by atoms with Gasteiger partial charge in [0.2, 0.25) is 6.04 Å². The Labute approximate surface area is 251 Å². The molecule has 0 aliphatic carbocycles. The van der Waals surface area contributed by atoms with Crippen LogP contribution in [0.25, 0.3) is 34.0 Å². The summed E-state index contributed by atoms with van der Waals surface area (Å²) in [5.74, 6) is -3.84. The van der Waals surface area contributed by atoms with Gasteiger partial charge in [0, 0.05) is 11.6 Å². The Bertz CT molecular complexity index is 1770. The van der Waals surface area contributed by atoms with Crippen LogP contribution in [0.3, 0.4) is 0 Å².